The van der Waals surface area contributed by atoms with Crippen molar-refractivity contribution in [3.8, 4) is 0 Å². The second-order valence-corrected chi connectivity index (χ2v) is 7.55. The summed E-state index contributed by atoms with van der Waals surface area (Å²) in [5.74, 6) is 1.19. The van der Waals surface area contributed by atoms with Crippen molar-refractivity contribution in [1.29, 1.82) is 0 Å². The van der Waals surface area contributed by atoms with Crippen LogP contribution < -0.4 is 0 Å². The van der Waals surface area contributed by atoms with Crippen molar-refractivity contribution in [3.05, 3.63) is 12.2 Å². The van der Waals surface area contributed by atoms with Gasteiger partial charge in [0, 0.05) is 18.9 Å². The molecule has 0 aromatic carbocycles. The SMILES string of the molecule is CCCCC(C)C(O)/C=C/C1CCC(=O)C1CCCCCCCO. The number of rotatable bonds is 13. The normalized spacial score (nSPS) is 23.9. The Hall–Kier alpha value is -0.670. The molecule has 4 atom stereocenters. The number of hydrogen-bond donors (Lipinski definition) is 2. The van der Waals surface area contributed by atoms with E-state index in [0.717, 1.165) is 64.2 Å². The highest BCUT2D eigenvalue weighted by atomic mass is 16.3. The Morgan fingerprint density at radius 2 is 1.88 bits per heavy atom. The minimum absolute atomic E-state index is 0.164. The van der Waals surface area contributed by atoms with E-state index in [0.29, 0.717) is 24.0 Å². The molecule has 1 aliphatic carbocycles. The van der Waals surface area contributed by atoms with Crippen LogP contribution in [0.2, 0.25) is 0 Å². The summed E-state index contributed by atoms with van der Waals surface area (Å²) in [7, 11) is 0. The van der Waals surface area contributed by atoms with Gasteiger partial charge in [-0.25, -0.2) is 0 Å². The minimum Gasteiger partial charge on any atom is -0.396 e. The van der Waals surface area contributed by atoms with Crippen LogP contribution in [0.1, 0.15) is 84.5 Å². The number of aliphatic hydroxyl groups is 2. The zero-order valence-corrected chi connectivity index (χ0v) is 15.8. The minimum atomic E-state index is -0.383. The number of unbranched alkanes of at least 4 members (excludes halogenated alkanes) is 5. The molecule has 0 aromatic heterocycles. The Kier molecular flexibility index (Phi) is 11.3. The molecule has 1 aliphatic rings. The summed E-state index contributed by atoms with van der Waals surface area (Å²) < 4.78 is 0. The summed E-state index contributed by atoms with van der Waals surface area (Å²) in [6, 6.07) is 0. The molecule has 0 radical (unpaired) electrons. The fourth-order valence-corrected chi connectivity index (χ4v) is 3.69. The van der Waals surface area contributed by atoms with Gasteiger partial charge in [-0.2, -0.15) is 0 Å². The zero-order valence-electron chi connectivity index (χ0n) is 15.8. The predicted octanol–water partition coefficient (Wildman–Crippen LogP) is 4.66. The van der Waals surface area contributed by atoms with Gasteiger partial charge in [-0.1, -0.05) is 64.5 Å². The van der Waals surface area contributed by atoms with E-state index in [1.54, 1.807) is 0 Å². The summed E-state index contributed by atoms with van der Waals surface area (Å²) in [6.45, 7) is 4.56. The van der Waals surface area contributed by atoms with Gasteiger partial charge in [-0.3, -0.25) is 4.79 Å². The monoisotopic (exact) mass is 338 g/mol. The first-order valence-electron chi connectivity index (χ1n) is 10.1. The van der Waals surface area contributed by atoms with Gasteiger partial charge in [-0.15, -0.1) is 0 Å². The van der Waals surface area contributed by atoms with Gasteiger partial charge < -0.3 is 10.2 Å². The van der Waals surface area contributed by atoms with Gasteiger partial charge in [-0.05, 0) is 37.5 Å². The quantitative estimate of drug-likeness (QED) is 0.379. The van der Waals surface area contributed by atoms with E-state index in [1.807, 2.05) is 6.08 Å². The molecule has 0 heterocycles. The van der Waals surface area contributed by atoms with Gasteiger partial charge in [0.15, 0.2) is 0 Å². The summed E-state index contributed by atoms with van der Waals surface area (Å²) in [5, 5.41) is 19.0. The lowest BCUT2D eigenvalue weighted by atomic mass is 9.88. The second-order valence-electron chi connectivity index (χ2n) is 7.55. The zero-order chi connectivity index (χ0) is 17.8. The summed E-state index contributed by atoms with van der Waals surface area (Å²) in [5.41, 5.74) is 0. The highest BCUT2D eigenvalue weighted by Gasteiger charge is 2.32. The molecular formula is C21H38O3. The largest absolute Gasteiger partial charge is 0.396 e. The highest BCUT2D eigenvalue weighted by Crippen LogP contribution is 2.34. The van der Waals surface area contributed by atoms with Crippen molar-refractivity contribution in [2.45, 2.75) is 90.6 Å². The van der Waals surface area contributed by atoms with Crippen molar-refractivity contribution in [2.24, 2.45) is 17.8 Å². The van der Waals surface area contributed by atoms with Gasteiger partial charge in [0.25, 0.3) is 0 Å². The van der Waals surface area contributed by atoms with E-state index in [1.165, 1.54) is 0 Å². The molecule has 0 spiro atoms. The lowest BCUT2D eigenvalue weighted by molar-refractivity contribution is -0.121. The van der Waals surface area contributed by atoms with Crippen molar-refractivity contribution >= 4 is 5.78 Å². The van der Waals surface area contributed by atoms with Crippen LogP contribution in [0.3, 0.4) is 0 Å². The summed E-state index contributed by atoms with van der Waals surface area (Å²) in [4.78, 5) is 12.1. The summed E-state index contributed by atoms with van der Waals surface area (Å²) >= 11 is 0. The third-order valence-electron chi connectivity index (χ3n) is 5.48. The maximum absolute atomic E-state index is 12.1. The van der Waals surface area contributed by atoms with Crippen LogP contribution in [0.15, 0.2) is 12.2 Å². The van der Waals surface area contributed by atoms with Crippen LogP contribution in [-0.4, -0.2) is 28.7 Å². The van der Waals surface area contributed by atoms with Crippen LogP contribution in [0.25, 0.3) is 0 Å². The first-order chi connectivity index (χ1) is 11.6. The molecule has 0 amide bonds. The average Bonchev–Trinajstić information content (AvgIpc) is 2.93. The number of allylic oxidation sites excluding steroid dienone is 1. The van der Waals surface area contributed by atoms with Crippen molar-refractivity contribution < 1.29 is 15.0 Å². The number of Topliss-reactive ketones (excluding diaryl/α,β-unsaturated/α-hetero) is 1. The molecule has 0 aromatic rings. The van der Waals surface area contributed by atoms with Crippen molar-refractivity contribution in [2.75, 3.05) is 6.61 Å². The molecule has 1 rings (SSSR count). The second kappa shape index (κ2) is 12.7. The number of aliphatic hydroxyl groups excluding tert-OH is 2. The molecule has 3 nitrogen and oxygen atoms in total. The van der Waals surface area contributed by atoms with Crippen molar-refractivity contribution in [1.82, 2.24) is 0 Å². The van der Waals surface area contributed by atoms with E-state index in [9.17, 15) is 9.90 Å². The predicted molar refractivity (Wildman–Crippen MR) is 99.8 cm³/mol. The standard InChI is InChI=1S/C21H38O3/c1-3-4-10-17(2)20(23)14-12-18-13-15-21(24)19(18)11-8-6-5-7-9-16-22/h12,14,17-20,22-23H,3-11,13,15-16H2,1-2H3/b14-12+. The molecule has 0 saturated heterocycles. The number of hydrogen-bond acceptors (Lipinski definition) is 3. The van der Waals surface area contributed by atoms with E-state index in [4.69, 9.17) is 5.11 Å². The molecule has 24 heavy (non-hydrogen) atoms. The first kappa shape index (κ1) is 21.4. The van der Waals surface area contributed by atoms with Crippen LogP contribution in [-0.2, 0) is 4.79 Å². The lowest BCUT2D eigenvalue weighted by Crippen LogP contribution is -2.17. The molecule has 140 valence electrons. The van der Waals surface area contributed by atoms with E-state index < -0.39 is 0 Å². The molecular weight excluding hydrogens is 300 g/mol. The van der Waals surface area contributed by atoms with Crippen LogP contribution in [0.5, 0.6) is 0 Å². The Morgan fingerprint density at radius 3 is 2.58 bits per heavy atom. The average molecular weight is 339 g/mol. The van der Waals surface area contributed by atoms with Crippen LogP contribution in [0.4, 0.5) is 0 Å². The van der Waals surface area contributed by atoms with E-state index >= 15 is 0 Å². The Balaban J connectivity index is 2.36. The maximum atomic E-state index is 12.1. The smallest absolute Gasteiger partial charge is 0.136 e. The third-order valence-corrected chi connectivity index (χ3v) is 5.48. The fraction of sp³-hybridized carbons (Fsp3) is 0.857. The summed E-state index contributed by atoms with van der Waals surface area (Å²) in [6.07, 6.45) is 15.1. The number of carbonyl (C=O) groups is 1. The Labute approximate surface area is 148 Å². The molecule has 0 bridgehead atoms. The molecule has 2 N–H and O–H groups in total. The van der Waals surface area contributed by atoms with Crippen molar-refractivity contribution in [3.63, 3.8) is 0 Å². The molecule has 3 heteroatoms. The van der Waals surface area contributed by atoms with Gasteiger partial charge in [0.2, 0.25) is 0 Å². The molecule has 4 unspecified atom stereocenters. The number of carbonyl (C=O) groups excluding carboxylic acids is 1. The fourth-order valence-electron chi connectivity index (χ4n) is 3.69. The number of ketones is 1. The van der Waals surface area contributed by atoms with Gasteiger partial charge >= 0.3 is 0 Å². The first-order valence-corrected chi connectivity index (χ1v) is 10.1. The maximum Gasteiger partial charge on any atom is 0.136 e. The topological polar surface area (TPSA) is 57.5 Å². The lowest BCUT2D eigenvalue weighted by Gasteiger charge is -2.18. The van der Waals surface area contributed by atoms with Gasteiger partial charge in [0.1, 0.15) is 5.78 Å². The molecule has 1 fully saturated rings. The Bertz CT molecular complexity index is 364. The van der Waals surface area contributed by atoms with E-state index in [2.05, 4.69) is 19.9 Å². The highest BCUT2D eigenvalue weighted by molar-refractivity contribution is 5.83. The van der Waals surface area contributed by atoms with Crippen LogP contribution >= 0.6 is 0 Å². The van der Waals surface area contributed by atoms with Gasteiger partial charge in [0.05, 0.1) is 6.10 Å². The Morgan fingerprint density at radius 1 is 1.17 bits per heavy atom. The molecule has 0 aliphatic heterocycles. The third kappa shape index (κ3) is 7.94. The van der Waals surface area contributed by atoms with Crippen LogP contribution in [0, 0.1) is 17.8 Å². The van der Waals surface area contributed by atoms with E-state index in [-0.39, 0.29) is 18.6 Å². The molecule has 1 saturated carbocycles.